The van der Waals surface area contributed by atoms with Gasteiger partial charge in [0, 0.05) is 13.1 Å². The van der Waals surface area contributed by atoms with Crippen LogP contribution in [0.25, 0.3) is 0 Å². The number of rotatable bonds is 10. The highest BCUT2D eigenvalue weighted by atomic mass is 32.2. The molecule has 0 aromatic heterocycles. The highest BCUT2D eigenvalue weighted by Gasteiger charge is 2.19. The van der Waals surface area contributed by atoms with Gasteiger partial charge in [0.2, 0.25) is 10.0 Å². The molecule has 0 bridgehead atoms. The summed E-state index contributed by atoms with van der Waals surface area (Å²) in [6.45, 7) is 2.40. The third-order valence-corrected chi connectivity index (χ3v) is 5.24. The highest BCUT2D eigenvalue weighted by Crippen LogP contribution is 2.22. The molecule has 0 atom stereocenters. The van der Waals surface area contributed by atoms with Crippen molar-refractivity contribution in [2.24, 2.45) is 0 Å². The van der Waals surface area contributed by atoms with Gasteiger partial charge in [-0.3, -0.25) is 4.79 Å². The molecule has 0 aliphatic carbocycles. The van der Waals surface area contributed by atoms with E-state index in [9.17, 15) is 13.2 Å². The van der Waals surface area contributed by atoms with Crippen molar-refractivity contribution in [3.8, 4) is 17.2 Å². The summed E-state index contributed by atoms with van der Waals surface area (Å²) in [5, 5.41) is 2.63. The van der Waals surface area contributed by atoms with Crippen molar-refractivity contribution >= 4 is 15.9 Å². The summed E-state index contributed by atoms with van der Waals surface area (Å²) in [5.41, 5.74) is 0.154. The van der Waals surface area contributed by atoms with Gasteiger partial charge in [-0.15, -0.1) is 0 Å². The van der Waals surface area contributed by atoms with Gasteiger partial charge < -0.3 is 19.5 Å². The van der Waals surface area contributed by atoms with Crippen LogP contribution in [0.15, 0.2) is 47.4 Å². The molecule has 2 N–H and O–H groups in total. The topological polar surface area (TPSA) is 103 Å². The van der Waals surface area contributed by atoms with Crippen LogP contribution >= 0.6 is 0 Å². The number of nitrogens with one attached hydrogen (secondary N) is 2. The van der Waals surface area contributed by atoms with Crippen LogP contribution in [-0.2, 0) is 10.0 Å². The van der Waals surface area contributed by atoms with Gasteiger partial charge in [-0.05, 0) is 49.4 Å². The van der Waals surface area contributed by atoms with Crippen LogP contribution in [-0.4, -0.2) is 48.2 Å². The Morgan fingerprint density at radius 1 is 1.00 bits per heavy atom. The number of benzene rings is 2. The van der Waals surface area contributed by atoms with Gasteiger partial charge in [0.15, 0.2) is 0 Å². The number of ether oxygens (including phenoxy) is 3. The molecule has 0 aliphatic rings. The fraction of sp³-hybridized carbons (Fsp3) is 0.316. The number of carbonyl (C=O) groups excluding carboxylic acids is 1. The van der Waals surface area contributed by atoms with E-state index in [0.29, 0.717) is 23.8 Å². The standard InChI is InChI=1S/C19H24N2O6S/c1-4-20-19(22)17-13-16(9-10-18(17)26-3)28(23,24)21-11-12-27-15-7-5-14(25-2)6-8-15/h5-10,13,21H,4,11-12H2,1-3H3,(H,20,22). The lowest BCUT2D eigenvalue weighted by atomic mass is 10.2. The summed E-state index contributed by atoms with van der Waals surface area (Å²) in [7, 11) is -0.819. The molecule has 2 aromatic carbocycles. The lowest BCUT2D eigenvalue weighted by molar-refractivity contribution is 0.0952. The third kappa shape index (κ3) is 5.61. The van der Waals surface area contributed by atoms with Gasteiger partial charge in [-0.25, -0.2) is 13.1 Å². The number of hydrogen-bond acceptors (Lipinski definition) is 6. The van der Waals surface area contributed by atoms with Crippen LogP contribution in [0.2, 0.25) is 0 Å². The Kier molecular flexibility index (Phi) is 7.65. The van der Waals surface area contributed by atoms with Gasteiger partial charge in [-0.2, -0.15) is 0 Å². The lowest BCUT2D eigenvalue weighted by Gasteiger charge is -2.12. The Labute approximate surface area is 164 Å². The zero-order valence-corrected chi connectivity index (χ0v) is 16.8. The predicted octanol–water partition coefficient (Wildman–Crippen LogP) is 1.81. The van der Waals surface area contributed by atoms with Crippen molar-refractivity contribution < 1.29 is 27.4 Å². The molecule has 0 spiro atoms. The number of sulfonamides is 1. The first-order valence-corrected chi connectivity index (χ1v) is 10.1. The van der Waals surface area contributed by atoms with E-state index in [2.05, 4.69) is 10.0 Å². The summed E-state index contributed by atoms with van der Waals surface area (Å²) < 4.78 is 43.2. The molecule has 0 aliphatic heterocycles. The second-order valence-corrected chi connectivity index (χ2v) is 7.41. The van der Waals surface area contributed by atoms with Crippen LogP contribution in [0.1, 0.15) is 17.3 Å². The molecule has 2 rings (SSSR count). The molecule has 28 heavy (non-hydrogen) atoms. The minimum absolute atomic E-state index is 0.0287. The smallest absolute Gasteiger partial charge is 0.255 e. The van der Waals surface area contributed by atoms with E-state index in [1.165, 1.54) is 25.3 Å². The highest BCUT2D eigenvalue weighted by molar-refractivity contribution is 7.89. The number of amides is 1. The molecule has 0 unspecified atom stereocenters. The van der Waals surface area contributed by atoms with Gasteiger partial charge in [0.25, 0.3) is 5.91 Å². The Morgan fingerprint density at radius 3 is 2.29 bits per heavy atom. The summed E-state index contributed by atoms with van der Waals surface area (Å²) in [6.07, 6.45) is 0. The SMILES string of the molecule is CCNC(=O)c1cc(S(=O)(=O)NCCOc2ccc(OC)cc2)ccc1OC. The van der Waals surface area contributed by atoms with Crippen molar-refractivity contribution in [2.45, 2.75) is 11.8 Å². The van der Waals surface area contributed by atoms with Crippen molar-refractivity contribution in [1.29, 1.82) is 0 Å². The quantitative estimate of drug-likeness (QED) is 0.581. The monoisotopic (exact) mass is 408 g/mol. The lowest BCUT2D eigenvalue weighted by Crippen LogP contribution is -2.29. The Hall–Kier alpha value is -2.78. The van der Waals surface area contributed by atoms with E-state index in [-0.39, 0.29) is 23.6 Å². The normalized spacial score (nSPS) is 11.0. The molecule has 1 amide bonds. The van der Waals surface area contributed by atoms with E-state index in [1.807, 2.05) is 0 Å². The van der Waals surface area contributed by atoms with Crippen LogP contribution in [0.3, 0.4) is 0 Å². The first kappa shape index (κ1) is 21.5. The molecular weight excluding hydrogens is 384 g/mol. The minimum Gasteiger partial charge on any atom is -0.497 e. The fourth-order valence-corrected chi connectivity index (χ4v) is 3.43. The average Bonchev–Trinajstić information content (AvgIpc) is 2.71. The first-order chi connectivity index (χ1) is 13.4. The largest absolute Gasteiger partial charge is 0.497 e. The molecule has 0 heterocycles. The molecule has 0 saturated carbocycles. The number of methoxy groups -OCH3 is 2. The third-order valence-electron chi connectivity index (χ3n) is 3.79. The van der Waals surface area contributed by atoms with Gasteiger partial charge in [0.1, 0.15) is 23.9 Å². The van der Waals surface area contributed by atoms with E-state index in [4.69, 9.17) is 14.2 Å². The van der Waals surface area contributed by atoms with Crippen molar-refractivity contribution in [2.75, 3.05) is 33.9 Å². The molecule has 152 valence electrons. The molecule has 0 saturated heterocycles. The molecular formula is C19H24N2O6S. The zero-order valence-electron chi connectivity index (χ0n) is 16.0. The van der Waals surface area contributed by atoms with Crippen LogP contribution in [0.4, 0.5) is 0 Å². The summed E-state index contributed by atoms with van der Waals surface area (Å²) in [5.74, 6) is 1.20. The zero-order chi connectivity index (χ0) is 20.6. The van der Waals surface area contributed by atoms with E-state index in [1.54, 1.807) is 38.3 Å². The first-order valence-electron chi connectivity index (χ1n) is 8.64. The second kappa shape index (κ2) is 9.95. The van der Waals surface area contributed by atoms with E-state index in [0.717, 1.165) is 0 Å². The maximum atomic E-state index is 12.5. The summed E-state index contributed by atoms with van der Waals surface area (Å²) >= 11 is 0. The number of carbonyl (C=O) groups is 1. The summed E-state index contributed by atoms with van der Waals surface area (Å²) in [6, 6.07) is 11.1. The maximum absolute atomic E-state index is 12.5. The van der Waals surface area contributed by atoms with Crippen LogP contribution < -0.4 is 24.2 Å². The maximum Gasteiger partial charge on any atom is 0.255 e. The minimum atomic E-state index is -3.81. The van der Waals surface area contributed by atoms with Crippen molar-refractivity contribution in [1.82, 2.24) is 10.0 Å². The molecule has 0 radical (unpaired) electrons. The van der Waals surface area contributed by atoms with Gasteiger partial charge in [-0.1, -0.05) is 0 Å². The van der Waals surface area contributed by atoms with Crippen LogP contribution in [0.5, 0.6) is 17.2 Å². The average molecular weight is 408 g/mol. The Balaban J connectivity index is 2.01. The van der Waals surface area contributed by atoms with Crippen molar-refractivity contribution in [3.05, 3.63) is 48.0 Å². The molecule has 9 heteroatoms. The predicted molar refractivity (Wildman–Crippen MR) is 105 cm³/mol. The van der Waals surface area contributed by atoms with E-state index < -0.39 is 15.9 Å². The molecule has 8 nitrogen and oxygen atoms in total. The van der Waals surface area contributed by atoms with Gasteiger partial charge >= 0.3 is 0 Å². The molecule has 2 aromatic rings. The Bertz CT molecular complexity index is 897. The van der Waals surface area contributed by atoms with Crippen molar-refractivity contribution in [3.63, 3.8) is 0 Å². The Morgan fingerprint density at radius 2 is 1.68 bits per heavy atom. The van der Waals surface area contributed by atoms with Gasteiger partial charge in [0.05, 0.1) is 24.7 Å². The fourth-order valence-electron chi connectivity index (χ4n) is 2.39. The molecule has 0 fully saturated rings. The second-order valence-electron chi connectivity index (χ2n) is 5.64. The summed E-state index contributed by atoms with van der Waals surface area (Å²) in [4.78, 5) is 12.1. The van der Waals surface area contributed by atoms with E-state index >= 15 is 0 Å². The number of hydrogen-bond donors (Lipinski definition) is 2. The van der Waals surface area contributed by atoms with Crippen LogP contribution in [0, 0.1) is 0 Å².